The lowest BCUT2D eigenvalue weighted by atomic mass is 9.87. The molecule has 0 aliphatic heterocycles. The van der Waals surface area contributed by atoms with Gasteiger partial charge < -0.3 is 5.73 Å². The molecule has 8 aromatic rings. The molecule has 0 atom stereocenters. The van der Waals surface area contributed by atoms with Gasteiger partial charge in [0, 0.05) is 15.7 Å². The average molecular weight is 779 g/mol. The molecule has 0 saturated carbocycles. The summed E-state index contributed by atoms with van der Waals surface area (Å²) in [6.07, 6.45) is 0.936. The first-order valence-corrected chi connectivity index (χ1v) is 19.6. The van der Waals surface area contributed by atoms with E-state index in [0.717, 1.165) is 33.3 Å². The van der Waals surface area contributed by atoms with Crippen LogP contribution in [0.2, 0.25) is 0 Å². The van der Waals surface area contributed by atoms with Gasteiger partial charge in [0.2, 0.25) is 0 Å². The van der Waals surface area contributed by atoms with E-state index in [1.165, 1.54) is 44.5 Å². The highest BCUT2D eigenvalue weighted by atomic mass is 79.9. The molecule has 2 heteroatoms. The summed E-state index contributed by atoms with van der Waals surface area (Å²) in [6.45, 7) is 6.66. The van der Waals surface area contributed by atoms with Gasteiger partial charge in [-0.3, -0.25) is 0 Å². The molecular weight excluding hydrogens is 730 g/mol. The third kappa shape index (κ3) is 11.0. The third-order valence-corrected chi connectivity index (χ3v) is 10.0. The summed E-state index contributed by atoms with van der Waals surface area (Å²) < 4.78 is 1.14. The largest absolute Gasteiger partial charge is 0.398 e. The molecule has 0 aliphatic carbocycles. The lowest BCUT2D eigenvalue weighted by molar-refractivity contribution is 0.590. The predicted octanol–water partition coefficient (Wildman–Crippen LogP) is 15.0. The van der Waals surface area contributed by atoms with Crippen LogP contribution in [0.25, 0.3) is 44.5 Å². The van der Waals surface area contributed by atoms with Gasteiger partial charge in [-0.15, -0.1) is 0 Å². The Morgan fingerprint density at radius 3 is 1.25 bits per heavy atom. The van der Waals surface area contributed by atoms with Crippen molar-refractivity contribution in [2.45, 2.75) is 32.6 Å². The first-order valence-electron chi connectivity index (χ1n) is 18.8. The van der Waals surface area contributed by atoms with Crippen LogP contribution in [0, 0.1) is 0 Å². The molecule has 1 nitrogen and oxygen atoms in total. The van der Waals surface area contributed by atoms with Crippen molar-refractivity contribution in [3.63, 3.8) is 0 Å². The first kappa shape index (κ1) is 38.8. The number of nitrogens with two attached hydrogens (primary N) is 1. The molecule has 0 aliphatic rings. The molecule has 0 spiro atoms. The van der Waals surface area contributed by atoms with Gasteiger partial charge in [0.1, 0.15) is 0 Å². The van der Waals surface area contributed by atoms with Crippen molar-refractivity contribution in [3.05, 3.63) is 233 Å². The van der Waals surface area contributed by atoms with Crippen molar-refractivity contribution in [2.24, 2.45) is 0 Å². The van der Waals surface area contributed by atoms with Gasteiger partial charge in [-0.2, -0.15) is 0 Å². The summed E-state index contributed by atoms with van der Waals surface area (Å²) in [5.41, 5.74) is 21.0. The quantitative estimate of drug-likeness (QED) is 0.167. The maximum Gasteiger partial charge on any atom is 0.0399 e. The monoisotopic (exact) mass is 777 g/mol. The van der Waals surface area contributed by atoms with Crippen molar-refractivity contribution in [3.8, 4) is 44.5 Å². The van der Waals surface area contributed by atoms with E-state index in [-0.39, 0.29) is 5.41 Å². The number of halogens is 1. The van der Waals surface area contributed by atoms with Crippen LogP contribution in [0.3, 0.4) is 0 Å². The molecule has 0 saturated heterocycles. The van der Waals surface area contributed by atoms with Gasteiger partial charge in [-0.25, -0.2) is 0 Å². The van der Waals surface area contributed by atoms with Crippen molar-refractivity contribution in [2.75, 3.05) is 5.73 Å². The number of nitrogen functional groups attached to an aromatic ring is 1. The highest BCUT2D eigenvalue weighted by Gasteiger charge is 2.12. The maximum absolute atomic E-state index is 6.19. The minimum Gasteiger partial charge on any atom is -0.398 e. The summed E-state index contributed by atoms with van der Waals surface area (Å²) >= 11 is 3.41. The SMILES string of the molecule is CC(C)(C)c1ccc(Br)cc1.Nc1cc(-c2ccccc2)ccc1-c1ccccc1.c1ccc(Cc2cc(-c3ccccc3)ccc2-c2ccccc2)cc1. The Labute approximate surface area is 336 Å². The minimum atomic E-state index is 0.265. The number of hydrogen-bond donors (Lipinski definition) is 1. The summed E-state index contributed by atoms with van der Waals surface area (Å²) in [5, 5.41) is 0. The van der Waals surface area contributed by atoms with Crippen LogP contribution in [-0.4, -0.2) is 0 Å². The second kappa shape index (κ2) is 18.9. The highest BCUT2D eigenvalue weighted by molar-refractivity contribution is 9.10. The molecule has 0 aromatic heterocycles. The summed E-state index contributed by atoms with van der Waals surface area (Å²) in [6, 6.07) is 74.0. The van der Waals surface area contributed by atoms with E-state index in [9.17, 15) is 0 Å². The topological polar surface area (TPSA) is 26.0 Å². The fourth-order valence-electron chi connectivity index (χ4n) is 6.47. The zero-order chi connectivity index (χ0) is 38.5. The fourth-order valence-corrected chi connectivity index (χ4v) is 6.73. The second-order valence-corrected chi connectivity index (χ2v) is 15.5. The van der Waals surface area contributed by atoms with Crippen LogP contribution < -0.4 is 5.73 Å². The van der Waals surface area contributed by atoms with E-state index in [2.05, 4.69) is 207 Å². The van der Waals surface area contributed by atoms with E-state index in [1.807, 2.05) is 42.5 Å². The van der Waals surface area contributed by atoms with E-state index in [0.29, 0.717) is 0 Å². The van der Waals surface area contributed by atoms with Crippen LogP contribution >= 0.6 is 15.9 Å². The van der Waals surface area contributed by atoms with Crippen LogP contribution in [0.1, 0.15) is 37.5 Å². The Hall–Kier alpha value is -5.96. The lowest BCUT2D eigenvalue weighted by Gasteiger charge is -2.18. The minimum absolute atomic E-state index is 0.265. The first-order chi connectivity index (χ1) is 26.7. The maximum atomic E-state index is 6.19. The summed E-state index contributed by atoms with van der Waals surface area (Å²) in [4.78, 5) is 0. The zero-order valence-corrected chi connectivity index (χ0v) is 33.5. The van der Waals surface area contributed by atoms with Crippen molar-refractivity contribution >= 4 is 21.6 Å². The standard InChI is InChI=1S/C25H20.C18H15N.C10H13Br/c1-4-10-20(11-5-1)18-24-19-23(21-12-6-2-7-13-21)16-17-25(24)22-14-8-3-9-15-22;19-18-13-16(14-7-3-1-4-8-14)11-12-17(18)15-9-5-2-6-10-15;1-10(2,3)8-4-6-9(11)7-5-8/h1-17,19H,18H2;1-13H,19H2;4-7H,1-3H3. The number of benzene rings is 8. The fraction of sp³-hybridized carbons (Fsp3) is 0.0943. The Morgan fingerprint density at radius 1 is 0.400 bits per heavy atom. The molecule has 8 aromatic carbocycles. The van der Waals surface area contributed by atoms with Crippen molar-refractivity contribution in [1.29, 1.82) is 0 Å². The van der Waals surface area contributed by atoms with Crippen LogP contribution in [-0.2, 0) is 11.8 Å². The predicted molar refractivity (Wildman–Crippen MR) is 241 cm³/mol. The summed E-state index contributed by atoms with van der Waals surface area (Å²) in [5.74, 6) is 0. The second-order valence-electron chi connectivity index (χ2n) is 14.6. The molecule has 8 rings (SSSR count). The number of hydrogen-bond acceptors (Lipinski definition) is 1. The smallest absolute Gasteiger partial charge is 0.0399 e. The Morgan fingerprint density at radius 2 is 0.800 bits per heavy atom. The molecule has 0 radical (unpaired) electrons. The molecule has 272 valence electrons. The normalized spacial score (nSPS) is 10.7. The van der Waals surface area contributed by atoms with E-state index >= 15 is 0 Å². The third-order valence-electron chi connectivity index (χ3n) is 9.49. The van der Waals surface area contributed by atoms with E-state index in [1.54, 1.807) is 0 Å². The summed E-state index contributed by atoms with van der Waals surface area (Å²) in [7, 11) is 0. The van der Waals surface area contributed by atoms with Gasteiger partial charge in [0.25, 0.3) is 0 Å². The van der Waals surface area contributed by atoms with Crippen LogP contribution in [0.4, 0.5) is 5.69 Å². The van der Waals surface area contributed by atoms with Crippen LogP contribution in [0.15, 0.2) is 217 Å². The van der Waals surface area contributed by atoms with Gasteiger partial charge in [0.15, 0.2) is 0 Å². The molecule has 0 unspecified atom stereocenters. The van der Waals surface area contributed by atoms with E-state index in [4.69, 9.17) is 5.73 Å². The molecule has 2 N–H and O–H groups in total. The average Bonchev–Trinajstić information content (AvgIpc) is 3.23. The van der Waals surface area contributed by atoms with Gasteiger partial charge >= 0.3 is 0 Å². The Kier molecular flexibility index (Phi) is 13.3. The Balaban J connectivity index is 0.000000151. The van der Waals surface area contributed by atoms with Crippen molar-refractivity contribution in [1.82, 2.24) is 0 Å². The molecule has 0 fully saturated rings. The van der Waals surface area contributed by atoms with Crippen molar-refractivity contribution < 1.29 is 0 Å². The zero-order valence-electron chi connectivity index (χ0n) is 31.9. The molecule has 0 amide bonds. The lowest BCUT2D eigenvalue weighted by Crippen LogP contribution is -2.10. The van der Waals surface area contributed by atoms with Gasteiger partial charge in [0.05, 0.1) is 0 Å². The van der Waals surface area contributed by atoms with Gasteiger partial charge in [-0.1, -0.05) is 231 Å². The molecule has 0 bridgehead atoms. The molecule has 0 heterocycles. The molecular formula is C53H48BrN. The van der Waals surface area contributed by atoms with Gasteiger partial charge in [-0.05, 0) is 85.7 Å². The highest BCUT2D eigenvalue weighted by Crippen LogP contribution is 2.32. The van der Waals surface area contributed by atoms with Crippen LogP contribution in [0.5, 0.6) is 0 Å². The Bertz CT molecular complexity index is 2350. The van der Waals surface area contributed by atoms with E-state index < -0.39 is 0 Å². The molecule has 55 heavy (non-hydrogen) atoms. The number of anilines is 1. The number of rotatable bonds is 6.